The molecule has 0 aromatic heterocycles. The summed E-state index contributed by atoms with van der Waals surface area (Å²) in [5.41, 5.74) is 12.1. The number of fused-ring (bicyclic) bond motifs is 7. The first-order valence-corrected chi connectivity index (χ1v) is 17.0. The van der Waals surface area contributed by atoms with Gasteiger partial charge in [0.25, 0.3) is 0 Å². The fraction of sp³-hybridized carbons (Fsp3) is 0.163. The highest BCUT2D eigenvalue weighted by Gasteiger charge is 2.36. The molecule has 2 heteroatoms. The van der Waals surface area contributed by atoms with Gasteiger partial charge in [-0.2, -0.15) is 0 Å². The van der Waals surface area contributed by atoms with Gasteiger partial charge in [-0.3, -0.25) is 0 Å². The lowest BCUT2D eigenvalue weighted by molar-refractivity contribution is 0.660. The third kappa shape index (κ3) is 4.23. The second-order valence-corrected chi connectivity index (χ2v) is 14.4. The van der Waals surface area contributed by atoms with Crippen LogP contribution in [0.2, 0.25) is 0 Å². The summed E-state index contributed by atoms with van der Waals surface area (Å²) in [4.78, 5) is 3.99. The molecule has 0 amide bonds. The van der Waals surface area contributed by atoms with E-state index in [0.717, 1.165) is 6.42 Å². The summed E-state index contributed by atoms with van der Waals surface area (Å²) in [6.07, 6.45) is 14.9. The molecule has 3 aliphatic carbocycles. The average Bonchev–Trinajstić information content (AvgIpc) is 3.58. The Labute approximate surface area is 270 Å². The minimum absolute atomic E-state index is 0.0423. The molecule has 0 bridgehead atoms. The Morgan fingerprint density at radius 2 is 1.40 bits per heavy atom. The number of rotatable bonds is 4. The van der Waals surface area contributed by atoms with Crippen LogP contribution in [0, 0.1) is 0 Å². The molecule has 9 rings (SSSR count). The smallest absolute Gasteiger partial charge is 0.0566 e. The summed E-state index contributed by atoms with van der Waals surface area (Å²) in [5, 5.41) is 3.14. The summed E-state index contributed by atoms with van der Waals surface area (Å²) in [6, 6.07) is 41.2. The molecule has 0 radical (unpaired) electrons. The number of hydrogen-bond donors (Lipinski definition) is 0. The van der Waals surface area contributed by atoms with Gasteiger partial charge in [-0.05, 0) is 80.1 Å². The normalized spacial score (nSPS) is 21.1. The molecule has 218 valence electrons. The predicted octanol–water partition coefficient (Wildman–Crippen LogP) is 9.52. The topological polar surface area (TPSA) is 3.24 Å². The van der Waals surface area contributed by atoms with Gasteiger partial charge in [0.05, 0.1) is 6.04 Å². The van der Waals surface area contributed by atoms with Crippen LogP contribution in [0.1, 0.15) is 42.9 Å². The van der Waals surface area contributed by atoms with Crippen LogP contribution < -0.4 is 15.3 Å². The van der Waals surface area contributed by atoms with Gasteiger partial charge in [0.15, 0.2) is 0 Å². The van der Waals surface area contributed by atoms with Crippen molar-refractivity contribution in [1.29, 1.82) is 0 Å². The maximum Gasteiger partial charge on any atom is 0.0566 e. The Balaban J connectivity index is 1.14. The Bertz CT molecular complexity index is 2170. The van der Waals surface area contributed by atoms with Crippen molar-refractivity contribution < 1.29 is 0 Å². The van der Waals surface area contributed by atoms with Gasteiger partial charge in [-0.15, -0.1) is 11.8 Å². The maximum atomic E-state index is 2.56. The maximum absolute atomic E-state index is 2.56. The number of benzene rings is 5. The number of thioether (sulfide) groups is 1. The molecule has 0 saturated carbocycles. The molecule has 1 heterocycles. The number of hydrogen-bond acceptors (Lipinski definition) is 2. The zero-order chi connectivity index (χ0) is 30.1. The first-order valence-electron chi connectivity index (χ1n) is 16.1. The van der Waals surface area contributed by atoms with Gasteiger partial charge < -0.3 is 4.90 Å². The van der Waals surface area contributed by atoms with E-state index in [1.165, 1.54) is 65.7 Å². The average molecular weight is 598 g/mol. The summed E-state index contributed by atoms with van der Waals surface area (Å²) in [6.45, 7) is 4.74. The van der Waals surface area contributed by atoms with E-state index < -0.39 is 0 Å². The SMILES string of the molecule is CC1(C)c2ccccc2-c2ccc(N(c3ccc(-c4cccc5c4SC4C=CC=CC54)cc3)C3C=c4ccccc4=CC3)cc21. The Morgan fingerprint density at radius 1 is 0.667 bits per heavy atom. The number of allylic oxidation sites excluding steroid dienone is 3. The Kier molecular flexibility index (Phi) is 6.12. The predicted molar refractivity (Wildman–Crippen MR) is 192 cm³/mol. The first kappa shape index (κ1) is 26.8. The van der Waals surface area contributed by atoms with Crippen molar-refractivity contribution >= 4 is 35.3 Å². The third-order valence-electron chi connectivity index (χ3n) is 10.3. The molecule has 4 aliphatic rings. The highest BCUT2D eigenvalue weighted by molar-refractivity contribution is 8.00. The van der Waals surface area contributed by atoms with E-state index in [9.17, 15) is 0 Å². The lowest BCUT2D eigenvalue weighted by atomic mass is 9.82. The van der Waals surface area contributed by atoms with E-state index in [1.54, 1.807) is 0 Å². The standard InChI is InChI=1S/C43H35NS/c1-43(2)39-16-7-5-12-35(39)36-25-24-33(27-40(36)43)44(32-23-18-28-10-3-4-11-30(28)26-32)31-21-19-29(20-22-31)34-14-9-15-38-37-13-6-8-17-41(37)45-42(34)38/h3-22,24-27,32,37,41H,23H2,1-2H3. The van der Waals surface area contributed by atoms with E-state index in [0.29, 0.717) is 11.2 Å². The second kappa shape index (κ2) is 10.3. The minimum Gasteiger partial charge on any atom is -0.334 e. The van der Waals surface area contributed by atoms with Crippen LogP contribution >= 0.6 is 11.8 Å². The molecule has 3 unspecified atom stereocenters. The zero-order valence-corrected chi connectivity index (χ0v) is 26.5. The van der Waals surface area contributed by atoms with Gasteiger partial charge >= 0.3 is 0 Å². The summed E-state index contributed by atoms with van der Waals surface area (Å²) >= 11 is 2.01. The van der Waals surface area contributed by atoms with Crippen molar-refractivity contribution in [2.24, 2.45) is 0 Å². The van der Waals surface area contributed by atoms with Gasteiger partial charge in [0, 0.05) is 32.9 Å². The largest absolute Gasteiger partial charge is 0.334 e. The van der Waals surface area contributed by atoms with Crippen LogP contribution in [0.4, 0.5) is 11.4 Å². The van der Waals surface area contributed by atoms with Crippen molar-refractivity contribution in [3.8, 4) is 22.3 Å². The van der Waals surface area contributed by atoms with E-state index in [-0.39, 0.29) is 11.5 Å². The molecule has 5 aromatic rings. The molecule has 1 nitrogen and oxygen atoms in total. The van der Waals surface area contributed by atoms with E-state index in [4.69, 9.17) is 0 Å². The lowest BCUT2D eigenvalue weighted by Crippen LogP contribution is -2.37. The minimum atomic E-state index is -0.0423. The molecule has 5 aromatic carbocycles. The van der Waals surface area contributed by atoms with Crippen LogP contribution in [0.5, 0.6) is 0 Å². The molecular weight excluding hydrogens is 563 g/mol. The highest BCUT2D eigenvalue weighted by Crippen LogP contribution is 2.52. The summed E-state index contributed by atoms with van der Waals surface area (Å²) < 4.78 is 0. The van der Waals surface area contributed by atoms with E-state index in [2.05, 4.69) is 164 Å². The molecule has 0 saturated heterocycles. The summed E-state index contributed by atoms with van der Waals surface area (Å²) in [7, 11) is 0. The van der Waals surface area contributed by atoms with Crippen molar-refractivity contribution in [2.75, 3.05) is 4.90 Å². The quantitative estimate of drug-likeness (QED) is 0.203. The lowest BCUT2D eigenvalue weighted by Gasteiger charge is -2.34. The molecule has 0 fully saturated rings. The van der Waals surface area contributed by atoms with Crippen LogP contribution in [0.3, 0.4) is 0 Å². The van der Waals surface area contributed by atoms with E-state index in [1.807, 2.05) is 11.8 Å². The monoisotopic (exact) mass is 597 g/mol. The van der Waals surface area contributed by atoms with Gasteiger partial charge in [0.1, 0.15) is 0 Å². The van der Waals surface area contributed by atoms with Crippen molar-refractivity contribution in [1.82, 2.24) is 0 Å². The molecule has 1 aliphatic heterocycles. The van der Waals surface area contributed by atoms with Crippen LogP contribution in [-0.4, -0.2) is 11.3 Å². The number of nitrogens with zero attached hydrogens (tertiary/aromatic N) is 1. The first-order chi connectivity index (χ1) is 22.1. The molecule has 0 N–H and O–H groups in total. The van der Waals surface area contributed by atoms with Crippen molar-refractivity contribution in [2.45, 2.75) is 47.8 Å². The molecular formula is C43H35NS. The van der Waals surface area contributed by atoms with Gasteiger partial charge in [-0.1, -0.05) is 135 Å². The third-order valence-corrected chi connectivity index (χ3v) is 11.7. The fourth-order valence-corrected chi connectivity index (χ4v) is 9.50. The van der Waals surface area contributed by atoms with E-state index >= 15 is 0 Å². The van der Waals surface area contributed by atoms with Crippen LogP contribution in [-0.2, 0) is 5.41 Å². The van der Waals surface area contributed by atoms with Crippen molar-refractivity contribution in [3.05, 3.63) is 161 Å². The van der Waals surface area contributed by atoms with Gasteiger partial charge in [-0.25, -0.2) is 0 Å². The Hall–Kier alpha value is -4.53. The molecule has 45 heavy (non-hydrogen) atoms. The fourth-order valence-electron chi connectivity index (χ4n) is 8.02. The molecule has 3 atom stereocenters. The zero-order valence-electron chi connectivity index (χ0n) is 25.7. The van der Waals surface area contributed by atoms with Gasteiger partial charge in [0.2, 0.25) is 0 Å². The number of anilines is 2. The van der Waals surface area contributed by atoms with Crippen LogP contribution in [0.25, 0.3) is 34.4 Å². The highest BCUT2D eigenvalue weighted by atomic mass is 32.2. The summed E-state index contributed by atoms with van der Waals surface area (Å²) in [5.74, 6) is 0.473. The second-order valence-electron chi connectivity index (χ2n) is 13.2. The Morgan fingerprint density at radius 3 is 2.29 bits per heavy atom. The molecule has 0 spiro atoms. The van der Waals surface area contributed by atoms with Crippen molar-refractivity contribution in [3.63, 3.8) is 0 Å². The van der Waals surface area contributed by atoms with Crippen LogP contribution in [0.15, 0.2) is 138 Å².